The van der Waals surface area contributed by atoms with Gasteiger partial charge in [-0.05, 0) is 20.8 Å². The third-order valence-electron chi connectivity index (χ3n) is 2.33. The first-order chi connectivity index (χ1) is 8.42. The lowest BCUT2D eigenvalue weighted by Crippen LogP contribution is -2.48. The summed E-state index contributed by atoms with van der Waals surface area (Å²) in [5.74, 6) is 0. The normalized spacial score (nSPS) is 20.9. The van der Waals surface area contributed by atoms with Crippen molar-refractivity contribution in [3.63, 3.8) is 0 Å². The van der Waals surface area contributed by atoms with E-state index in [1.165, 1.54) is 0 Å². The number of aliphatic hydroxyl groups is 1. The summed E-state index contributed by atoms with van der Waals surface area (Å²) in [5, 5.41) is 8.61. The summed E-state index contributed by atoms with van der Waals surface area (Å²) in [5.41, 5.74) is -0.488. The first-order valence-electron chi connectivity index (χ1n) is 6.20. The Morgan fingerprint density at radius 2 is 2.22 bits per heavy atom. The van der Waals surface area contributed by atoms with Gasteiger partial charge in [0.25, 0.3) is 0 Å². The first-order valence-corrected chi connectivity index (χ1v) is 6.20. The molecule has 1 heterocycles. The summed E-state index contributed by atoms with van der Waals surface area (Å²) in [4.78, 5) is 13.5. The van der Waals surface area contributed by atoms with Gasteiger partial charge in [-0.25, -0.2) is 4.79 Å². The van der Waals surface area contributed by atoms with Gasteiger partial charge in [0, 0.05) is 6.54 Å². The van der Waals surface area contributed by atoms with Crippen molar-refractivity contribution in [3.8, 4) is 0 Å². The molecule has 6 nitrogen and oxygen atoms in total. The maximum Gasteiger partial charge on any atom is 0.410 e. The number of hydrogen-bond donors (Lipinski definition) is 1. The van der Waals surface area contributed by atoms with Crippen molar-refractivity contribution in [3.05, 3.63) is 0 Å². The number of hydrogen-bond acceptors (Lipinski definition) is 5. The Kier molecular flexibility index (Phi) is 5.84. The lowest BCUT2D eigenvalue weighted by molar-refractivity contribution is -0.0751. The summed E-state index contributed by atoms with van der Waals surface area (Å²) in [6, 6.07) is 0. The molecular formula is C12H23NO5. The predicted octanol–water partition coefficient (Wildman–Crippen LogP) is 0.631. The van der Waals surface area contributed by atoms with E-state index < -0.39 is 5.60 Å². The van der Waals surface area contributed by atoms with Gasteiger partial charge >= 0.3 is 6.09 Å². The number of morpholine rings is 1. The zero-order valence-electron chi connectivity index (χ0n) is 11.3. The fraction of sp³-hybridized carbons (Fsp3) is 0.917. The summed E-state index contributed by atoms with van der Waals surface area (Å²) in [6.45, 7) is 7.64. The molecule has 1 aliphatic heterocycles. The van der Waals surface area contributed by atoms with Crippen molar-refractivity contribution in [2.75, 3.05) is 39.5 Å². The Hall–Kier alpha value is -0.850. The Bertz CT molecular complexity index is 264. The highest BCUT2D eigenvalue weighted by molar-refractivity contribution is 5.68. The highest BCUT2D eigenvalue weighted by atomic mass is 16.6. The molecule has 0 bridgehead atoms. The third-order valence-corrected chi connectivity index (χ3v) is 2.33. The molecule has 0 aromatic rings. The van der Waals surface area contributed by atoms with Crippen molar-refractivity contribution in [1.82, 2.24) is 4.90 Å². The van der Waals surface area contributed by atoms with Crippen LogP contribution < -0.4 is 0 Å². The topological polar surface area (TPSA) is 68.2 Å². The van der Waals surface area contributed by atoms with E-state index in [9.17, 15) is 4.79 Å². The van der Waals surface area contributed by atoms with Crippen molar-refractivity contribution >= 4 is 6.09 Å². The molecule has 106 valence electrons. The van der Waals surface area contributed by atoms with Gasteiger partial charge < -0.3 is 24.2 Å². The molecule has 1 saturated heterocycles. The van der Waals surface area contributed by atoms with Crippen LogP contribution in [0.5, 0.6) is 0 Å². The zero-order valence-corrected chi connectivity index (χ0v) is 11.3. The van der Waals surface area contributed by atoms with E-state index in [0.29, 0.717) is 26.3 Å². The van der Waals surface area contributed by atoms with Gasteiger partial charge in [-0.1, -0.05) is 0 Å². The molecule has 0 unspecified atom stereocenters. The fourth-order valence-corrected chi connectivity index (χ4v) is 1.59. The van der Waals surface area contributed by atoms with Crippen molar-refractivity contribution < 1.29 is 24.1 Å². The Morgan fingerprint density at radius 3 is 2.83 bits per heavy atom. The minimum Gasteiger partial charge on any atom is -0.444 e. The van der Waals surface area contributed by atoms with Crippen LogP contribution in [0.15, 0.2) is 0 Å². The van der Waals surface area contributed by atoms with Crippen LogP contribution in [-0.2, 0) is 14.2 Å². The lowest BCUT2D eigenvalue weighted by atomic mass is 10.2. The lowest BCUT2D eigenvalue weighted by Gasteiger charge is -2.34. The molecule has 0 aliphatic carbocycles. The van der Waals surface area contributed by atoms with E-state index in [-0.39, 0.29) is 25.4 Å². The molecule has 1 aliphatic rings. The Morgan fingerprint density at radius 1 is 1.50 bits per heavy atom. The second kappa shape index (κ2) is 6.92. The molecule has 1 fully saturated rings. The number of nitrogens with zero attached hydrogens (tertiary/aromatic N) is 1. The van der Waals surface area contributed by atoms with Crippen LogP contribution in [0.1, 0.15) is 20.8 Å². The molecule has 18 heavy (non-hydrogen) atoms. The van der Waals surface area contributed by atoms with Crippen LogP contribution in [0.25, 0.3) is 0 Å². The molecule has 0 radical (unpaired) electrons. The molecule has 6 heteroatoms. The van der Waals surface area contributed by atoms with Gasteiger partial charge in [-0.15, -0.1) is 0 Å². The summed E-state index contributed by atoms with van der Waals surface area (Å²) in [6.07, 6.45) is -0.476. The average Bonchev–Trinajstić information content (AvgIpc) is 2.27. The molecule has 1 rings (SSSR count). The summed E-state index contributed by atoms with van der Waals surface area (Å²) < 4.78 is 16.0. The Balaban J connectivity index is 2.36. The molecule has 0 spiro atoms. The van der Waals surface area contributed by atoms with Crippen LogP contribution >= 0.6 is 0 Å². The third kappa shape index (κ3) is 5.66. The smallest absolute Gasteiger partial charge is 0.410 e. The van der Waals surface area contributed by atoms with Gasteiger partial charge in [-0.3, -0.25) is 0 Å². The maximum absolute atomic E-state index is 11.9. The molecule has 1 atom stereocenters. The summed E-state index contributed by atoms with van der Waals surface area (Å²) >= 11 is 0. The van der Waals surface area contributed by atoms with E-state index in [1.54, 1.807) is 4.90 Å². The van der Waals surface area contributed by atoms with Gasteiger partial charge in [0.05, 0.1) is 39.1 Å². The minimum atomic E-state index is -0.488. The Labute approximate surface area is 108 Å². The average molecular weight is 261 g/mol. The van der Waals surface area contributed by atoms with E-state index in [0.717, 1.165) is 0 Å². The molecule has 0 aromatic carbocycles. The predicted molar refractivity (Wildman–Crippen MR) is 65.5 cm³/mol. The van der Waals surface area contributed by atoms with Crippen LogP contribution in [0.4, 0.5) is 4.79 Å². The minimum absolute atomic E-state index is 0.0114. The van der Waals surface area contributed by atoms with Crippen molar-refractivity contribution in [1.29, 1.82) is 0 Å². The highest BCUT2D eigenvalue weighted by Gasteiger charge is 2.28. The van der Waals surface area contributed by atoms with E-state index >= 15 is 0 Å². The standard InChI is InChI=1S/C12H23NO5/c1-12(2,3)18-11(15)13-4-6-17-10(8-13)9-16-7-5-14/h10,14H,4-9H2,1-3H3/t10-/m0/s1. The largest absolute Gasteiger partial charge is 0.444 e. The number of amides is 1. The van der Waals surface area contributed by atoms with Crippen LogP contribution in [0.3, 0.4) is 0 Å². The SMILES string of the molecule is CC(C)(C)OC(=O)N1CCO[C@H](COCCO)C1. The van der Waals surface area contributed by atoms with E-state index in [4.69, 9.17) is 19.3 Å². The second-order valence-corrected chi connectivity index (χ2v) is 5.22. The number of aliphatic hydroxyl groups excluding tert-OH is 1. The van der Waals surface area contributed by atoms with Crippen molar-refractivity contribution in [2.24, 2.45) is 0 Å². The molecular weight excluding hydrogens is 238 g/mol. The first kappa shape index (κ1) is 15.2. The molecule has 1 N–H and O–H groups in total. The van der Waals surface area contributed by atoms with Crippen LogP contribution in [0.2, 0.25) is 0 Å². The number of carbonyl (C=O) groups is 1. The quantitative estimate of drug-likeness (QED) is 0.752. The monoisotopic (exact) mass is 261 g/mol. The van der Waals surface area contributed by atoms with Crippen LogP contribution in [-0.4, -0.2) is 67.3 Å². The zero-order chi connectivity index (χ0) is 13.6. The van der Waals surface area contributed by atoms with Gasteiger partial charge in [-0.2, -0.15) is 0 Å². The van der Waals surface area contributed by atoms with Crippen molar-refractivity contribution in [2.45, 2.75) is 32.5 Å². The van der Waals surface area contributed by atoms with Gasteiger partial charge in [0.1, 0.15) is 5.60 Å². The highest BCUT2D eigenvalue weighted by Crippen LogP contribution is 2.13. The van der Waals surface area contributed by atoms with Crippen LogP contribution in [0, 0.1) is 0 Å². The van der Waals surface area contributed by atoms with E-state index in [1.807, 2.05) is 20.8 Å². The molecule has 1 amide bonds. The fourth-order valence-electron chi connectivity index (χ4n) is 1.59. The van der Waals surface area contributed by atoms with E-state index in [2.05, 4.69) is 0 Å². The van der Waals surface area contributed by atoms with Gasteiger partial charge in [0.15, 0.2) is 0 Å². The number of carbonyl (C=O) groups excluding carboxylic acids is 1. The number of ether oxygens (including phenoxy) is 3. The van der Waals surface area contributed by atoms with Gasteiger partial charge in [0.2, 0.25) is 0 Å². The maximum atomic E-state index is 11.9. The molecule has 0 saturated carbocycles. The number of rotatable bonds is 4. The second-order valence-electron chi connectivity index (χ2n) is 5.22. The molecule has 0 aromatic heterocycles. The summed E-state index contributed by atoms with van der Waals surface area (Å²) in [7, 11) is 0.